The first kappa shape index (κ1) is 15.8. The van der Waals surface area contributed by atoms with E-state index in [1.165, 1.54) is 0 Å². The summed E-state index contributed by atoms with van der Waals surface area (Å²) in [6.07, 6.45) is 0. The van der Waals surface area contributed by atoms with E-state index in [0.29, 0.717) is 10.8 Å². The van der Waals surface area contributed by atoms with Crippen LogP contribution in [0.25, 0.3) is 0 Å². The van der Waals surface area contributed by atoms with Gasteiger partial charge >= 0.3 is 5.97 Å². The number of rotatable bonds is 5. The fourth-order valence-corrected chi connectivity index (χ4v) is 1.67. The molecule has 8 nitrogen and oxygen atoms in total. The average molecular weight is 324 g/mol. The summed E-state index contributed by atoms with van der Waals surface area (Å²) in [5, 5.41) is 0.625. The first-order valence-corrected chi connectivity index (χ1v) is 6.62. The highest BCUT2D eigenvalue weighted by atomic mass is 35.5. The third-order valence-corrected chi connectivity index (χ3v) is 2.99. The van der Waals surface area contributed by atoms with Crippen molar-refractivity contribution in [1.82, 2.24) is 15.0 Å². The average Bonchev–Trinajstić information content (AvgIpc) is 2.45. The maximum atomic E-state index is 11.6. The molecule has 0 spiro atoms. The van der Waals surface area contributed by atoms with Gasteiger partial charge in [0.05, 0.1) is 0 Å². The van der Waals surface area contributed by atoms with Gasteiger partial charge in [0.1, 0.15) is 5.75 Å². The Hall–Kier alpha value is -2.61. The minimum Gasteiger partial charge on any atom is -0.482 e. The van der Waals surface area contributed by atoms with Gasteiger partial charge in [-0.2, -0.15) is 15.0 Å². The van der Waals surface area contributed by atoms with Crippen LogP contribution in [0.5, 0.6) is 5.75 Å². The predicted octanol–water partition coefficient (Wildman–Crippen LogP) is 1.12. The summed E-state index contributed by atoms with van der Waals surface area (Å²) in [5.41, 5.74) is 11.7. The van der Waals surface area contributed by atoms with Crippen LogP contribution in [0.2, 0.25) is 5.02 Å². The van der Waals surface area contributed by atoms with Crippen LogP contribution in [0.4, 0.5) is 11.9 Å². The maximum Gasteiger partial charge on any atom is 0.344 e. The Morgan fingerprint density at radius 1 is 1.23 bits per heavy atom. The molecule has 0 aliphatic rings. The first-order valence-electron chi connectivity index (χ1n) is 6.24. The summed E-state index contributed by atoms with van der Waals surface area (Å²) in [4.78, 5) is 22.8. The molecule has 0 aliphatic carbocycles. The van der Waals surface area contributed by atoms with Gasteiger partial charge in [0.25, 0.3) is 0 Å². The molecule has 1 aromatic heterocycles. The van der Waals surface area contributed by atoms with Crippen LogP contribution < -0.4 is 16.2 Å². The smallest absolute Gasteiger partial charge is 0.344 e. The quantitative estimate of drug-likeness (QED) is 0.784. The Balaban J connectivity index is 1.84. The fourth-order valence-electron chi connectivity index (χ4n) is 1.56. The third kappa shape index (κ3) is 4.45. The highest BCUT2D eigenvalue weighted by Crippen LogP contribution is 2.20. The Morgan fingerprint density at radius 3 is 2.55 bits per heavy atom. The number of nitrogens with two attached hydrogens (primary N) is 2. The van der Waals surface area contributed by atoms with Crippen LogP contribution in [0.15, 0.2) is 18.2 Å². The van der Waals surface area contributed by atoms with E-state index in [0.717, 1.165) is 5.56 Å². The predicted molar refractivity (Wildman–Crippen MR) is 80.1 cm³/mol. The molecule has 4 N–H and O–H groups in total. The number of esters is 1. The lowest BCUT2D eigenvalue weighted by Gasteiger charge is -2.08. The van der Waals surface area contributed by atoms with Crippen LogP contribution in [-0.4, -0.2) is 27.5 Å². The van der Waals surface area contributed by atoms with Gasteiger partial charge in [0.2, 0.25) is 11.9 Å². The van der Waals surface area contributed by atoms with Crippen LogP contribution in [0.1, 0.15) is 11.4 Å². The number of carbonyl (C=O) groups excluding carboxylic acids is 1. The Kier molecular flexibility index (Phi) is 4.95. The summed E-state index contributed by atoms with van der Waals surface area (Å²) in [7, 11) is 0. The highest BCUT2D eigenvalue weighted by molar-refractivity contribution is 6.31. The topological polar surface area (TPSA) is 126 Å². The minimum atomic E-state index is -0.579. The molecule has 0 unspecified atom stereocenters. The number of nitrogen functional groups attached to an aromatic ring is 2. The van der Waals surface area contributed by atoms with Crippen molar-refractivity contribution in [3.63, 3.8) is 0 Å². The lowest BCUT2D eigenvalue weighted by Crippen LogP contribution is -2.16. The molecule has 1 heterocycles. The summed E-state index contributed by atoms with van der Waals surface area (Å²) in [6.45, 7) is 1.42. The number of hydrogen-bond acceptors (Lipinski definition) is 8. The number of carbonyl (C=O) groups is 1. The summed E-state index contributed by atoms with van der Waals surface area (Å²) in [6, 6.07) is 5.08. The summed E-state index contributed by atoms with van der Waals surface area (Å²) < 4.78 is 10.3. The Labute approximate surface area is 131 Å². The van der Waals surface area contributed by atoms with E-state index in [2.05, 4.69) is 15.0 Å². The molecule has 0 aliphatic heterocycles. The molecule has 0 saturated carbocycles. The van der Waals surface area contributed by atoms with Crippen LogP contribution >= 0.6 is 11.6 Å². The SMILES string of the molecule is Cc1cc(OCC(=O)OCc2nc(N)nc(N)n2)ccc1Cl. The number of benzene rings is 1. The van der Waals surface area contributed by atoms with Crippen LogP contribution in [0.3, 0.4) is 0 Å². The van der Waals surface area contributed by atoms with Gasteiger partial charge in [-0.3, -0.25) is 0 Å². The number of hydrogen-bond donors (Lipinski definition) is 2. The first-order chi connectivity index (χ1) is 10.4. The van der Waals surface area contributed by atoms with E-state index in [1.54, 1.807) is 18.2 Å². The third-order valence-electron chi connectivity index (χ3n) is 2.56. The standard InChI is InChI=1S/C13H14ClN5O3/c1-7-4-8(2-3-9(7)14)21-6-11(20)22-5-10-17-12(15)19-13(16)18-10/h2-4H,5-6H2,1H3,(H4,15,16,17,18,19). The Bertz CT molecular complexity index is 675. The van der Waals surface area contributed by atoms with E-state index in [1.807, 2.05) is 6.92 Å². The lowest BCUT2D eigenvalue weighted by atomic mass is 10.2. The van der Waals surface area contributed by atoms with Crippen molar-refractivity contribution in [3.05, 3.63) is 34.6 Å². The summed E-state index contributed by atoms with van der Waals surface area (Å²) >= 11 is 5.90. The number of anilines is 2. The molecule has 2 rings (SSSR count). The molecule has 0 radical (unpaired) electrons. The Morgan fingerprint density at radius 2 is 1.91 bits per heavy atom. The van der Waals surface area contributed by atoms with E-state index in [4.69, 9.17) is 32.5 Å². The molecule has 0 saturated heterocycles. The van der Waals surface area contributed by atoms with Crippen molar-refractivity contribution < 1.29 is 14.3 Å². The van der Waals surface area contributed by atoms with Gasteiger partial charge in [-0.1, -0.05) is 11.6 Å². The second-order valence-corrected chi connectivity index (χ2v) is 4.74. The molecule has 116 valence electrons. The van der Waals surface area contributed by atoms with Gasteiger partial charge in [-0.15, -0.1) is 0 Å². The van der Waals surface area contributed by atoms with Crippen molar-refractivity contribution in [1.29, 1.82) is 0 Å². The van der Waals surface area contributed by atoms with Crippen molar-refractivity contribution in [2.75, 3.05) is 18.1 Å². The van der Waals surface area contributed by atoms with Crippen molar-refractivity contribution in [3.8, 4) is 5.75 Å². The van der Waals surface area contributed by atoms with Gasteiger partial charge in [0, 0.05) is 5.02 Å². The van der Waals surface area contributed by atoms with Crippen molar-refractivity contribution in [2.24, 2.45) is 0 Å². The number of aromatic nitrogens is 3. The van der Waals surface area contributed by atoms with Gasteiger partial charge in [0.15, 0.2) is 19.0 Å². The number of nitrogens with zero attached hydrogens (tertiary/aromatic N) is 3. The molecule has 0 amide bonds. The number of halogens is 1. The monoisotopic (exact) mass is 323 g/mol. The maximum absolute atomic E-state index is 11.6. The minimum absolute atomic E-state index is 0.0357. The largest absolute Gasteiger partial charge is 0.482 e. The normalized spacial score (nSPS) is 10.3. The lowest BCUT2D eigenvalue weighted by molar-refractivity contribution is -0.147. The van der Waals surface area contributed by atoms with Crippen molar-refractivity contribution in [2.45, 2.75) is 13.5 Å². The zero-order valence-electron chi connectivity index (χ0n) is 11.7. The fraction of sp³-hybridized carbons (Fsp3) is 0.231. The summed E-state index contributed by atoms with van der Waals surface area (Å²) in [5.74, 6) is 0.0382. The van der Waals surface area contributed by atoms with E-state index in [9.17, 15) is 4.79 Å². The van der Waals surface area contributed by atoms with Crippen LogP contribution in [0, 0.1) is 6.92 Å². The van der Waals surface area contributed by atoms with E-state index >= 15 is 0 Å². The zero-order valence-corrected chi connectivity index (χ0v) is 12.5. The zero-order chi connectivity index (χ0) is 16.1. The number of aryl methyl sites for hydroxylation is 1. The second kappa shape index (κ2) is 6.90. The van der Waals surface area contributed by atoms with E-state index < -0.39 is 5.97 Å². The van der Waals surface area contributed by atoms with Gasteiger partial charge < -0.3 is 20.9 Å². The van der Waals surface area contributed by atoms with E-state index in [-0.39, 0.29) is 30.9 Å². The molecular formula is C13H14ClN5O3. The molecule has 22 heavy (non-hydrogen) atoms. The second-order valence-electron chi connectivity index (χ2n) is 4.33. The number of ether oxygens (including phenoxy) is 2. The molecule has 2 aromatic rings. The molecular weight excluding hydrogens is 310 g/mol. The van der Waals surface area contributed by atoms with Crippen molar-refractivity contribution >= 4 is 29.5 Å². The molecule has 1 aromatic carbocycles. The van der Waals surface area contributed by atoms with Gasteiger partial charge in [-0.25, -0.2) is 4.79 Å². The molecule has 9 heteroatoms. The highest BCUT2D eigenvalue weighted by Gasteiger charge is 2.08. The van der Waals surface area contributed by atoms with Gasteiger partial charge in [-0.05, 0) is 30.7 Å². The molecule has 0 fully saturated rings. The van der Waals surface area contributed by atoms with Crippen LogP contribution in [-0.2, 0) is 16.1 Å². The molecule has 0 bridgehead atoms. The molecule has 0 atom stereocenters.